The summed E-state index contributed by atoms with van der Waals surface area (Å²) >= 11 is 0. The van der Waals surface area contributed by atoms with Crippen molar-refractivity contribution in [2.45, 2.75) is 45.2 Å². The molecule has 1 saturated carbocycles. The van der Waals surface area contributed by atoms with Crippen LogP contribution >= 0.6 is 0 Å². The zero-order valence-corrected chi connectivity index (χ0v) is 13.2. The largest absolute Gasteiger partial charge is 0.367 e. The molecule has 0 unspecified atom stereocenters. The van der Waals surface area contributed by atoms with Crippen molar-refractivity contribution in [2.75, 3.05) is 37.6 Å². The van der Waals surface area contributed by atoms with Crippen LogP contribution in [0.1, 0.15) is 38.2 Å². The molecule has 2 fully saturated rings. The van der Waals surface area contributed by atoms with Gasteiger partial charge in [-0.1, -0.05) is 19.8 Å². The lowest BCUT2D eigenvalue weighted by Gasteiger charge is -2.39. The van der Waals surface area contributed by atoms with E-state index in [1.165, 1.54) is 50.0 Å². The van der Waals surface area contributed by atoms with Crippen molar-refractivity contribution in [3.63, 3.8) is 0 Å². The second kappa shape index (κ2) is 7.23. The van der Waals surface area contributed by atoms with E-state index in [2.05, 4.69) is 33.1 Å². The summed E-state index contributed by atoms with van der Waals surface area (Å²) in [4.78, 5) is 9.57. The zero-order valence-electron chi connectivity index (χ0n) is 13.2. The maximum Gasteiger partial charge on any atom is 0.0599 e. The number of hydrogen-bond donors (Lipinski definition) is 1. The normalized spacial score (nSPS) is 21.1. The molecule has 1 aromatic rings. The Hall–Kier alpha value is -1.13. The molecule has 2 aliphatic rings. The van der Waals surface area contributed by atoms with E-state index >= 15 is 0 Å². The number of anilines is 1. The van der Waals surface area contributed by atoms with Crippen LogP contribution in [0.4, 0.5) is 5.69 Å². The minimum atomic E-state index is 0.863. The maximum absolute atomic E-state index is 4.34. The molecule has 4 nitrogen and oxygen atoms in total. The Labute approximate surface area is 128 Å². The van der Waals surface area contributed by atoms with Gasteiger partial charge >= 0.3 is 0 Å². The standard InChI is InChI=1S/C17H28N4/c1-2-18-13-15-7-8-19-14-17(15)21-11-9-20(10-12-21)16-5-3-4-6-16/h7-8,14,16,18H,2-6,9-13H2,1H3. The summed E-state index contributed by atoms with van der Waals surface area (Å²) in [6.45, 7) is 8.80. The fourth-order valence-corrected chi connectivity index (χ4v) is 3.71. The molecule has 1 aliphatic carbocycles. The van der Waals surface area contributed by atoms with E-state index in [9.17, 15) is 0 Å². The Balaban J connectivity index is 1.61. The molecule has 1 aromatic heterocycles. The third-order valence-electron chi connectivity index (χ3n) is 4.95. The molecule has 0 amide bonds. The van der Waals surface area contributed by atoms with Crippen LogP contribution in [-0.4, -0.2) is 48.6 Å². The summed E-state index contributed by atoms with van der Waals surface area (Å²) in [6, 6.07) is 3.02. The molecule has 0 radical (unpaired) electrons. The van der Waals surface area contributed by atoms with E-state index in [1.54, 1.807) is 0 Å². The van der Waals surface area contributed by atoms with E-state index in [1.807, 2.05) is 12.4 Å². The molecule has 116 valence electrons. The van der Waals surface area contributed by atoms with Crippen LogP contribution in [0.5, 0.6) is 0 Å². The topological polar surface area (TPSA) is 31.4 Å². The van der Waals surface area contributed by atoms with E-state index < -0.39 is 0 Å². The second-order valence-corrected chi connectivity index (χ2v) is 6.25. The predicted octanol–water partition coefficient (Wildman–Crippen LogP) is 2.26. The van der Waals surface area contributed by atoms with Crippen molar-refractivity contribution in [3.8, 4) is 0 Å². The molecule has 4 heteroatoms. The van der Waals surface area contributed by atoms with Gasteiger partial charge in [0.05, 0.1) is 11.9 Å². The first-order chi connectivity index (χ1) is 10.4. The number of nitrogens with zero attached hydrogens (tertiary/aromatic N) is 3. The lowest BCUT2D eigenvalue weighted by atomic mass is 10.1. The fraction of sp³-hybridized carbons (Fsp3) is 0.706. The van der Waals surface area contributed by atoms with E-state index in [0.717, 1.165) is 32.2 Å². The molecule has 0 bridgehead atoms. The predicted molar refractivity (Wildman–Crippen MR) is 87.7 cm³/mol. The number of rotatable bonds is 5. The second-order valence-electron chi connectivity index (χ2n) is 6.25. The third kappa shape index (κ3) is 3.55. The van der Waals surface area contributed by atoms with Crippen molar-refractivity contribution in [1.82, 2.24) is 15.2 Å². The van der Waals surface area contributed by atoms with Gasteiger partial charge in [0.2, 0.25) is 0 Å². The van der Waals surface area contributed by atoms with Gasteiger partial charge in [-0.25, -0.2) is 0 Å². The molecule has 0 spiro atoms. The van der Waals surface area contributed by atoms with Crippen molar-refractivity contribution in [1.29, 1.82) is 0 Å². The van der Waals surface area contributed by atoms with Crippen molar-refractivity contribution in [2.24, 2.45) is 0 Å². The van der Waals surface area contributed by atoms with Crippen molar-refractivity contribution < 1.29 is 0 Å². The van der Waals surface area contributed by atoms with Gasteiger partial charge in [-0.15, -0.1) is 0 Å². The highest BCUT2D eigenvalue weighted by Crippen LogP contribution is 2.26. The number of aromatic nitrogens is 1. The summed E-state index contributed by atoms with van der Waals surface area (Å²) in [5, 5.41) is 3.43. The van der Waals surface area contributed by atoms with Gasteiger partial charge in [0.1, 0.15) is 0 Å². The lowest BCUT2D eigenvalue weighted by Crippen LogP contribution is -2.50. The third-order valence-corrected chi connectivity index (χ3v) is 4.95. The van der Waals surface area contributed by atoms with Crippen LogP contribution in [0, 0.1) is 0 Å². The van der Waals surface area contributed by atoms with Crippen LogP contribution in [0.3, 0.4) is 0 Å². The Morgan fingerprint density at radius 3 is 2.67 bits per heavy atom. The van der Waals surface area contributed by atoms with Crippen LogP contribution in [0.25, 0.3) is 0 Å². The Morgan fingerprint density at radius 1 is 1.19 bits per heavy atom. The zero-order chi connectivity index (χ0) is 14.5. The highest BCUT2D eigenvalue weighted by molar-refractivity contribution is 5.52. The Morgan fingerprint density at radius 2 is 1.95 bits per heavy atom. The molecule has 1 N–H and O–H groups in total. The Kier molecular flexibility index (Phi) is 5.09. The monoisotopic (exact) mass is 288 g/mol. The van der Waals surface area contributed by atoms with Gasteiger partial charge in [0.15, 0.2) is 0 Å². The molecule has 1 saturated heterocycles. The molecule has 21 heavy (non-hydrogen) atoms. The van der Waals surface area contributed by atoms with E-state index in [-0.39, 0.29) is 0 Å². The van der Waals surface area contributed by atoms with Gasteiger partial charge in [-0.2, -0.15) is 0 Å². The molecule has 1 aliphatic heterocycles. The SMILES string of the molecule is CCNCc1ccncc1N1CCN(C2CCCC2)CC1. The van der Waals surface area contributed by atoms with Crippen LogP contribution in [-0.2, 0) is 6.54 Å². The number of pyridine rings is 1. The molecule has 2 heterocycles. The summed E-state index contributed by atoms with van der Waals surface area (Å²) < 4.78 is 0. The van der Waals surface area contributed by atoms with Gasteiger partial charge in [-0.05, 0) is 31.0 Å². The van der Waals surface area contributed by atoms with Crippen LogP contribution < -0.4 is 10.2 Å². The molecular formula is C17H28N4. The van der Waals surface area contributed by atoms with Gasteiger partial charge in [-0.3, -0.25) is 9.88 Å². The lowest BCUT2D eigenvalue weighted by molar-refractivity contribution is 0.187. The minimum absolute atomic E-state index is 0.863. The number of nitrogens with one attached hydrogen (secondary N) is 1. The van der Waals surface area contributed by atoms with Gasteiger partial charge in [0.25, 0.3) is 0 Å². The highest BCUT2D eigenvalue weighted by Gasteiger charge is 2.26. The van der Waals surface area contributed by atoms with Crippen molar-refractivity contribution >= 4 is 5.69 Å². The smallest absolute Gasteiger partial charge is 0.0599 e. The average molecular weight is 288 g/mol. The summed E-state index contributed by atoms with van der Waals surface area (Å²) in [6.07, 6.45) is 9.64. The molecular weight excluding hydrogens is 260 g/mol. The minimum Gasteiger partial charge on any atom is -0.367 e. The summed E-state index contributed by atoms with van der Waals surface area (Å²) in [7, 11) is 0. The quantitative estimate of drug-likeness (QED) is 0.900. The molecule has 0 aromatic carbocycles. The Bertz CT molecular complexity index is 434. The summed E-state index contributed by atoms with van der Waals surface area (Å²) in [5.74, 6) is 0. The van der Waals surface area contributed by atoms with Crippen LogP contribution in [0.15, 0.2) is 18.5 Å². The molecule has 0 atom stereocenters. The highest BCUT2D eigenvalue weighted by atomic mass is 15.3. The first-order valence-electron chi connectivity index (χ1n) is 8.51. The fourth-order valence-electron chi connectivity index (χ4n) is 3.71. The summed E-state index contributed by atoms with van der Waals surface area (Å²) in [5.41, 5.74) is 2.70. The van der Waals surface area contributed by atoms with Gasteiger partial charge in [0, 0.05) is 45.0 Å². The number of hydrogen-bond acceptors (Lipinski definition) is 4. The first-order valence-corrected chi connectivity index (χ1v) is 8.51. The van der Waals surface area contributed by atoms with Gasteiger partial charge < -0.3 is 10.2 Å². The number of piperazine rings is 1. The first kappa shape index (κ1) is 14.8. The van der Waals surface area contributed by atoms with E-state index in [0.29, 0.717) is 0 Å². The van der Waals surface area contributed by atoms with E-state index in [4.69, 9.17) is 0 Å². The van der Waals surface area contributed by atoms with Crippen LogP contribution in [0.2, 0.25) is 0 Å². The van der Waals surface area contributed by atoms with Crippen molar-refractivity contribution in [3.05, 3.63) is 24.0 Å². The maximum atomic E-state index is 4.34. The molecule has 3 rings (SSSR count). The average Bonchev–Trinajstić information content (AvgIpc) is 3.08.